The van der Waals surface area contributed by atoms with Crippen molar-refractivity contribution >= 4 is 27.9 Å². The molecule has 0 aliphatic rings. The van der Waals surface area contributed by atoms with Crippen LogP contribution >= 0.6 is 11.3 Å². The van der Waals surface area contributed by atoms with Gasteiger partial charge in [0, 0.05) is 18.2 Å². The molecule has 172 valence electrons. The van der Waals surface area contributed by atoms with Crippen LogP contribution in [0.4, 0.5) is 5.82 Å². The smallest absolute Gasteiger partial charge is 0.439 e. The molecule has 0 saturated carbocycles. The molecule has 3 aromatic heterocycles. The van der Waals surface area contributed by atoms with Crippen LogP contribution in [0, 0.1) is 0 Å². The molecule has 5 aromatic rings. The molecule has 0 bridgehead atoms. The molecule has 0 aliphatic heterocycles. The van der Waals surface area contributed by atoms with E-state index in [9.17, 15) is 4.79 Å². The Bertz CT molecular complexity index is 1510. The number of anilines is 1. The van der Waals surface area contributed by atoms with E-state index in [0.29, 0.717) is 30.3 Å². The van der Waals surface area contributed by atoms with Crippen molar-refractivity contribution in [2.75, 3.05) is 19.0 Å². The fourth-order valence-corrected chi connectivity index (χ4v) is 4.92. The first-order valence-electron chi connectivity index (χ1n) is 10.8. The highest BCUT2D eigenvalue weighted by Gasteiger charge is 2.18. The number of benzene rings is 2. The molecule has 3 heterocycles. The number of methoxy groups -OCH3 is 1. The van der Waals surface area contributed by atoms with Crippen LogP contribution < -0.4 is 15.8 Å². The van der Waals surface area contributed by atoms with Gasteiger partial charge in [0.1, 0.15) is 28.6 Å². The van der Waals surface area contributed by atoms with E-state index >= 15 is 0 Å². The maximum Gasteiger partial charge on any atom is 0.439 e. The summed E-state index contributed by atoms with van der Waals surface area (Å²) in [6.45, 7) is 2.67. The van der Waals surface area contributed by atoms with Crippen molar-refractivity contribution in [2.24, 2.45) is 0 Å². The number of nitrogens with zero attached hydrogens (tertiary/aromatic N) is 4. The largest absolute Gasteiger partial charge is 0.496 e. The zero-order chi connectivity index (χ0) is 23.5. The van der Waals surface area contributed by atoms with Gasteiger partial charge >= 0.3 is 5.76 Å². The number of aromatic nitrogens is 5. The Kier molecular flexibility index (Phi) is 6.05. The summed E-state index contributed by atoms with van der Waals surface area (Å²) in [5.74, 6) is 1.36. The molecule has 0 aliphatic carbocycles. The second-order valence-electron chi connectivity index (χ2n) is 7.52. The molecule has 2 aromatic carbocycles. The standard InChI is InChI=1S/C24H22N6O3S/c1-3-17-21(22-29-24(31)33-30-22)34-23(28-17)18-12-20(27-13-26-18)25-11-10-16-15-7-5-4-6-14(15)8-9-19(16)32-2/h4-9,12-13H,3,10-11H2,1-2H3,(H,25,26,27)(H,29,30,31). The molecule has 0 atom stereocenters. The lowest BCUT2D eigenvalue weighted by Crippen LogP contribution is -2.08. The summed E-state index contributed by atoms with van der Waals surface area (Å²) in [6, 6.07) is 14.2. The Balaban J connectivity index is 1.36. The van der Waals surface area contributed by atoms with Gasteiger partial charge in [0.05, 0.1) is 17.7 Å². The normalized spacial score (nSPS) is 11.1. The van der Waals surface area contributed by atoms with E-state index < -0.39 is 5.76 Å². The van der Waals surface area contributed by atoms with E-state index in [0.717, 1.165) is 33.3 Å². The first-order chi connectivity index (χ1) is 16.7. The maximum absolute atomic E-state index is 11.4. The molecule has 34 heavy (non-hydrogen) atoms. The fraction of sp³-hybridized carbons (Fsp3) is 0.208. The van der Waals surface area contributed by atoms with E-state index in [4.69, 9.17) is 9.72 Å². The highest BCUT2D eigenvalue weighted by molar-refractivity contribution is 7.18. The third kappa shape index (κ3) is 4.27. The number of aryl methyl sites for hydroxylation is 1. The summed E-state index contributed by atoms with van der Waals surface area (Å²) in [4.78, 5) is 28.2. The number of fused-ring (bicyclic) bond motifs is 1. The van der Waals surface area contributed by atoms with Gasteiger partial charge in [-0.25, -0.2) is 19.7 Å². The SMILES string of the molecule is CCc1nc(-c2cc(NCCc3c(OC)ccc4ccccc34)ncn2)sc1-c1noc(=O)[nH]1. The summed E-state index contributed by atoms with van der Waals surface area (Å²) in [6.07, 6.45) is 2.97. The minimum atomic E-state index is -0.594. The summed E-state index contributed by atoms with van der Waals surface area (Å²) in [7, 11) is 1.69. The van der Waals surface area contributed by atoms with Crippen molar-refractivity contribution in [1.29, 1.82) is 0 Å². The number of H-pyrrole nitrogens is 1. The van der Waals surface area contributed by atoms with Crippen LogP contribution in [0.3, 0.4) is 0 Å². The lowest BCUT2D eigenvalue weighted by molar-refractivity contribution is 0.388. The van der Waals surface area contributed by atoms with E-state index in [2.05, 4.69) is 48.1 Å². The zero-order valence-electron chi connectivity index (χ0n) is 18.7. The lowest BCUT2D eigenvalue weighted by atomic mass is 10.0. The molecule has 9 nitrogen and oxygen atoms in total. The minimum Gasteiger partial charge on any atom is -0.496 e. The van der Waals surface area contributed by atoms with Gasteiger partial charge in [0.2, 0.25) is 0 Å². The molecule has 5 rings (SSSR count). The van der Waals surface area contributed by atoms with Crippen LogP contribution in [0.5, 0.6) is 5.75 Å². The number of aromatic amines is 1. The summed E-state index contributed by atoms with van der Waals surface area (Å²) in [5.41, 5.74) is 2.67. The molecule has 0 radical (unpaired) electrons. The molecule has 0 unspecified atom stereocenters. The van der Waals surface area contributed by atoms with Crippen molar-refractivity contribution in [3.8, 4) is 27.2 Å². The summed E-state index contributed by atoms with van der Waals surface area (Å²) >= 11 is 1.40. The van der Waals surface area contributed by atoms with Gasteiger partial charge in [-0.05, 0) is 29.7 Å². The van der Waals surface area contributed by atoms with Crippen molar-refractivity contribution in [3.63, 3.8) is 0 Å². The van der Waals surface area contributed by atoms with Gasteiger partial charge in [-0.2, -0.15) is 0 Å². The number of nitrogens with one attached hydrogen (secondary N) is 2. The second kappa shape index (κ2) is 9.44. The van der Waals surface area contributed by atoms with Crippen LogP contribution in [0.2, 0.25) is 0 Å². The average molecular weight is 475 g/mol. The second-order valence-corrected chi connectivity index (χ2v) is 8.52. The van der Waals surface area contributed by atoms with E-state index in [1.165, 1.54) is 28.4 Å². The third-order valence-corrected chi connectivity index (χ3v) is 6.60. The number of ether oxygens (including phenoxy) is 1. The zero-order valence-corrected chi connectivity index (χ0v) is 19.5. The summed E-state index contributed by atoms with van der Waals surface area (Å²) < 4.78 is 10.3. The Hall–Kier alpha value is -4.05. The lowest BCUT2D eigenvalue weighted by Gasteiger charge is -2.13. The van der Waals surface area contributed by atoms with Gasteiger partial charge in [-0.15, -0.1) is 11.3 Å². The fourth-order valence-electron chi connectivity index (χ4n) is 3.87. The van der Waals surface area contributed by atoms with Crippen molar-refractivity contribution < 1.29 is 9.26 Å². The third-order valence-electron chi connectivity index (χ3n) is 5.47. The molecular formula is C24H22N6O3S. The van der Waals surface area contributed by atoms with E-state index in [1.54, 1.807) is 7.11 Å². The van der Waals surface area contributed by atoms with Crippen LogP contribution in [0.15, 0.2) is 58.1 Å². The minimum absolute atomic E-state index is 0.377. The van der Waals surface area contributed by atoms with Crippen molar-refractivity contribution in [1.82, 2.24) is 25.1 Å². The molecule has 0 saturated heterocycles. The van der Waals surface area contributed by atoms with Crippen LogP contribution in [-0.2, 0) is 12.8 Å². The predicted molar refractivity (Wildman–Crippen MR) is 131 cm³/mol. The molecular weight excluding hydrogens is 452 g/mol. The summed E-state index contributed by atoms with van der Waals surface area (Å²) in [5, 5.41) is 10.3. The maximum atomic E-state index is 11.4. The topological polar surface area (TPSA) is 119 Å². The molecule has 0 fully saturated rings. The Morgan fingerprint density at radius 3 is 2.85 bits per heavy atom. The van der Waals surface area contributed by atoms with Gasteiger partial charge in [0.15, 0.2) is 5.82 Å². The number of hydrogen-bond donors (Lipinski definition) is 2. The highest BCUT2D eigenvalue weighted by atomic mass is 32.1. The van der Waals surface area contributed by atoms with Gasteiger partial charge < -0.3 is 10.1 Å². The molecule has 10 heteroatoms. The van der Waals surface area contributed by atoms with Gasteiger partial charge in [0.25, 0.3) is 0 Å². The van der Waals surface area contributed by atoms with Gasteiger partial charge in [-0.3, -0.25) is 9.51 Å². The first-order valence-corrected chi connectivity index (χ1v) is 11.6. The Morgan fingerprint density at radius 2 is 2.06 bits per heavy atom. The van der Waals surface area contributed by atoms with Crippen LogP contribution in [-0.4, -0.2) is 38.7 Å². The van der Waals surface area contributed by atoms with Crippen LogP contribution in [0.25, 0.3) is 32.2 Å². The number of hydrogen-bond acceptors (Lipinski definition) is 9. The Labute approximate surface area is 198 Å². The van der Waals surface area contributed by atoms with E-state index in [1.807, 2.05) is 31.2 Å². The number of rotatable bonds is 8. The first kappa shape index (κ1) is 21.8. The van der Waals surface area contributed by atoms with Crippen LogP contribution in [0.1, 0.15) is 18.2 Å². The number of thiazole rings is 1. The van der Waals surface area contributed by atoms with E-state index in [-0.39, 0.29) is 0 Å². The Morgan fingerprint density at radius 1 is 1.18 bits per heavy atom. The van der Waals surface area contributed by atoms with Crippen molar-refractivity contribution in [2.45, 2.75) is 19.8 Å². The molecule has 0 spiro atoms. The predicted octanol–water partition coefficient (Wildman–Crippen LogP) is 4.32. The monoisotopic (exact) mass is 474 g/mol. The quantitative estimate of drug-likeness (QED) is 0.341. The van der Waals surface area contributed by atoms with Gasteiger partial charge in [-0.1, -0.05) is 42.4 Å². The molecule has 2 N–H and O–H groups in total. The van der Waals surface area contributed by atoms with Crippen molar-refractivity contribution in [3.05, 3.63) is 70.6 Å². The molecule has 0 amide bonds. The average Bonchev–Trinajstić information content (AvgIpc) is 3.50. The highest BCUT2D eigenvalue weighted by Crippen LogP contribution is 2.33.